The fourth-order valence-electron chi connectivity index (χ4n) is 3.32. The molecule has 2 aliphatic rings. The molecule has 0 bridgehead atoms. The van der Waals surface area contributed by atoms with Crippen LogP contribution in [0.5, 0.6) is 0 Å². The van der Waals surface area contributed by atoms with Gasteiger partial charge in [-0.2, -0.15) is 0 Å². The molecule has 2 aliphatic heterocycles. The highest BCUT2D eigenvalue weighted by Gasteiger charge is 2.33. The first-order valence-corrected chi connectivity index (χ1v) is 9.68. The van der Waals surface area contributed by atoms with Crippen molar-refractivity contribution in [3.05, 3.63) is 64.9 Å². The molecule has 4 nitrogen and oxygen atoms in total. The second kappa shape index (κ2) is 5.53. The van der Waals surface area contributed by atoms with E-state index in [9.17, 15) is 8.42 Å². The maximum absolute atomic E-state index is 13.3. The van der Waals surface area contributed by atoms with Gasteiger partial charge in [0.2, 0.25) is 0 Å². The van der Waals surface area contributed by atoms with Crippen molar-refractivity contribution in [1.82, 2.24) is 5.32 Å². The molecule has 2 aromatic rings. The maximum atomic E-state index is 13.3. The molecule has 1 N–H and O–H groups in total. The predicted molar refractivity (Wildman–Crippen MR) is 96.6 cm³/mol. The number of rotatable bonds is 2. The molecule has 4 rings (SSSR count). The summed E-state index contributed by atoms with van der Waals surface area (Å²) < 4.78 is 28.1. The van der Waals surface area contributed by atoms with Crippen LogP contribution in [0.3, 0.4) is 0 Å². The molecule has 0 spiro atoms. The molecule has 0 aromatic heterocycles. The van der Waals surface area contributed by atoms with E-state index in [1.807, 2.05) is 31.2 Å². The third kappa shape index (κ3) is 2.31. The van der Waals surface area contributed by atoms with Crippen molar-refractivity contribution in [3.8, 4) is 0 Å². The van der Waals surface area contributed by atoms with Crippen molar-refractivity contribution in [2.75, 3.05) is 10.8 Å². The third-order valence-corrected chi connectivity index (χ3v) is 6.76. The van der Waals surface area contributed by atoms with E-state index in [1.165, 1.54) is 4.31 Å². The standard InChI is InChI=1S/C18H17ClN2O2S/c1-12-5-6-13-8-10-21(16(13)11-12)24(22,23)17-4-2-3-15-14(17)7-9-20-18(15)19/h2-7,9,11,18,20H,8,10H2,1H3. The SMILES string of the molecule is Cc1ccc2c(c1)N(S(=O)(=O)c1cccc3c1C=CNC3Cl)CC2. The predicted octanol–water partition coefficient (Wildman–Crippen LogP) is 3.56. The number of nitrogens with zero attached hydrogens (tertiary/aromatic N) is 1. The largest absolute Gasteiger partial charge is 0.372 e. The van der Waals surface area contributed by atoms with Crippen LogP contribution in [0.4, 0.5) is 5.69 Å². The van der Waals surface area contributed by atoms with Gasteiger partial charge < -0.3 is 5.32 Å². The van der Waals surface area contributed by atoms with Gasteiger partial charge >= 0.3 is 0 Å². The Balaban J connectivity index is 1.86. The smallest absolute Gasteiger partial charge is 0.264 e. The lowest BCUT2D eigenvalue weighted by Crippen LogP contribution is -2.30. The molecule has 2 aromatic carbocycles. The second-order valence-electron chi connectivity index (χ2n) is 6.08. The topological polar surface area (TPSA) is 49.4 Å². The Morgan fingerprint density at radius 3 is 2.92 bits per heavy atom. The molecule has 0 aliphatic carbocycles. The summed E-state index contributed by atoms with van der Waals surface area (Å²) in [5.74, 6) is 0. The molecule has 1 atom stereocenters. The molecule has 6 heteroatoms. The zero-order chi connectivity index (χ0) is 16.9. The van der Waals surface area contributed by atoms with Gasteiger partial charge in [-0.3, -0.25) is 4.31 Å². The lowest BCUT2D eigenvalue weighted by molar-refractivity contribution is 0.591. The van der Waals surface area contributed by atoms with E-state index in [2.05, 4.69) is 5.32 Å². The molecular formula is C18H17ClN2O2S. The average molecular weight is 361 g/mol. The summed E-state index contributed by atoms with van der Waals surface area (Å²) in [6.07, 6.45) is 4.20. The van der Waals surface area contributed by atoms with Crippen molar-refractivity contribution < 1.29 is 8.42 Å². The number of alkyl halides is 1. The van der Waals surface area contributed by atoms with Crippen LogP contribution in [-0.4, -0.2) is 15.0 Å². The van der Waals surface area contributed by atoms with Crippen LogP contribution in [0.25, 0.3) is 6.08 Å². The molecule has 0 amide bonds. The number of hydrogen-bond acceptors (Lipinski definition) is 3. The number of halogens is 1. The molecule has 24 heavy (non-hydrogen) atoms. The molecule has 0 fully saturated rings. The number of aryl methyl sites for hydroxylation is 1. The Kier molecular flexibility index (Phi) is 3.58. The van der Waals surface area contributed by atoms with Gasteiger partial charge in [-0.15, -0.1) is 0 Å². The first kappa shape index (κ1) is 15.5. The number of nitrogens with one attached hydrogen (secondary N) is 1. The van der Waals surface area contributed by atoms with E-state index >= 15 is 0 Å². The zero-order valence-corrected chi connectivity index (χ0v) is 14.7. The number of hydrogen-bond donors (Lipinski definition) is 1. The Labute approximate surface area is 146 Å². The highest BCUT2D eigenvalue weighted by Crippen LogP contribution is 2.37. The molecular weight excluding hydrogens is 344 g/mol. The fourth-order valence-corrected chi connectivity index (χ4v) is 5.29. The van der Waals surface area contributed by atoms with Crippen molar-refractivity contribution in [2.24, 2.45) is 0 Å². The Morgan fingerprint density at radius 2 is 2.08 bits per heavy atom. The average Bonchev–Trinajstić information content (AvgIpc) is 2.98. The summed E-state index contributed by atoms with van der Waals surface area (Å²) in [7, 11) is -3.64. The van der Waals surface area contributed by atoms with Crippen molar-refractivity contribution in [3.63, 3.8) is 0 Å². The van der Waals surface area contributed by atoms with Crippen LogP contribution in [0, 0.1) is 6.92 Å². The van der Waals surface area contributed by atoms with Crippen molar-refractivity contribution in [2.45, 2.75) is 23.7 Å². The van der Waals surface area contributed by atoms with E-state index in [1.54, 1.807) is 24.4 Å². The highest BCUT2D eigenvalue weighted by atomic mass is 35.5. The number of sulfonamides is 1. The molecule has 2 heterocycles. The summed E-state index contributed by atoms with van der Waals surface area (Å²) in [6.45, 7) is 2.44. The van der Waals surface area contributed by atoms with Crippen LogP contribution in [-0.2, 0) is 16.4 Å². The summed E-state index contributed by atoms with van der Waals surface area (Å²) in [4.78, 5) is 0.303. The van der Waals surface area contributed by atoms with E-state index in [0.717, 1.165) is 28.8 Å². The molecule has 0 radical (unpaired) electrons. The van der Waals surface area contributed by atoms with Crippen LogP contribution >= 0.6 is 11.6 Å². The van der Waals surface area contributed by atoms with Gasteiger partial charge in [-0.05, 0) is 54.4 Å². The summed E-state index contributed by atoms with van der Waals surface area (Å²) in [5.41, 5.74) is 3.93. The van der Waals surface area contributed by atoms with Gasteiger partial charge in [-0.1, -0.05) is 35.9 Å². The molecule has 0 saturated carbocycles. The second-order valence-corrected chi connectivity index (χ2v) is 8.35. The monoisotopic (exact) mass is 360 g/mol. The van der Waals surface area contributed by atoms with Gasteiger partial charge in [0, 0.05) is 12.1 Å². The van der Waals surface area contributed by atoms with Crippen LogP contribution in [0.2, 0.25) is 0 Å². The van der Waals surface area contributed by atoms with E-state index in [4.69, 9.17) is 11.6 Å². The van der Waals surface area contributed by atoms with E-state index in [0.29, 0.717) is 17.0 Å². The van der Waals surface area contributed by atoms with Crippen molar-refractivity contribution in [1.29, 1.82) is 0 Å². The minimum absolute atomic E-state index is 0.303. The van der Waals surface area contributed by atoms with Crippen LogP contribution in [0.15, 0.2) is 47.5 Å². The van der Waals surface area contributed by atoms with E-state index < -0.39 is 15.5 Å². The molecule has 124 valence electrons. The molecule has 1 unspecified atom stereocenters. The Bertz CT molecular complexity index is 953. The Morgan fingerprint density at radius 1 is 1.25 bits per heavy atom. The number of benzene rings is 2. The summed E-state index contributed by atoms with van der Waals surface area (Å²) in [6, 6.07) is 11.2. The van der Waals surface area contributed by atoms with Gasteiger partial charge in [0.15, 0.2) is 0 Å². The van der Waals surface area contributed by atoms with Gasteiger partial charge in [-0.25, -0.2) is 8.42 Å². The highest BCUT2D eigenvalue weighted by molar-refractivity contribution is 7.93. The lowest BCUT2D eigenvalue weighted by atomic mass is 10.1. The molecule has 0 saturated heterocycles. The van der Waals surface area contributed by atoms with Crippen LogP contribution < -0.4 is 9.62 Å². The summed E-state index contributed by atoms with van der Waals surface area (Å²) in [5, 5.41) is 2.99. The summed E-state index contributed by atoms with van der Waals surface area (Å²) >= 11 is 6.26. The number of fused-ring (bicyclic) bond motifs is 2. The lowest BCUT2D eigenvalue weighted by Gasteiger charge is -2.24. The minimum atomic E-state index is -3.64. The first-order valence-electron chi connectivity index (χ1n) is 7.80. The quantitative estimate of drug-likeness (QED) is 0.658. The normalized spacial score (nSPS) is 18.9. The number of anilines is 1. The van der Waals surface area contributed by atoms with Gasteiger partial charge in [0.05, 0.1) is 10.6 Å². The van der Waals surface area contributed by atoms with Crippen molar-refractivity contribution >= 4 is 33.4 Å². The maximum Gasteiger partial charge on any atom is 0.264 e. The fraction of sp³-hybridized carbons (Fsp3) is 0.222. The van der Waals surface area contributed by atoms with Gasteiger partial charge in [0.1, 0.15) is 5.50 Å². The zero-order valence-electron chi connectivity index (χ0n) is 13.2. The van der Waals surface area contributed by atoms with E-state index in [-0.39, 0.29) is 0 Å². The van der Waals surface area contributed by atoms with Crippen LogP contribution in [0.1, 0.15) is 27.8 Å². The first-order chi connectivity index (χ1) is 11.5. The minimum Gasteiger partial charge on any atom is -0.372 e. The third-order valence-electron chi connectivity index (χ3n) is 4.53. The van der Waals surface area contributed by atoms with Gasteiger partial charge in [0.25, 0.3) is 10.0 Å². The Hall–Kier alpha value is -1.98.